The monoisotopic (exact) mass is 255 g/mol. The number of carbonyl (C=O) groups is 1. The fraction of sp³-hybridized carbons (Fsp3) is 0.462. The molecule has 0 aliphatic rings. The van der Waals surface area contributed by atoms with E-state index in [1.807, 2.05) is 13.8 Å². The predicted molar refractivity (Wildman–Crippen MR) is 69.6 cm³/mol. The SMILES string of the molecule is CC(C)C(=O)NCCCSc1ccc(F)cc1. The van der Waals surface area contributed by atoms with Crippen molar-refractivity contribution in [3.8, 4) is 0 Å². The maximum absolute atomic E-state index is 12.6. The van der Waals surface area contributed by atoms with Crippen LogP contribution in [0.1, 0.15) is 20.3 Å². The van der Waals surface area contributed by atoms with Crippen LogP contribution in [0.2, 0.25) is 0 Å². The standard InChI is InChI=1S/C13H18FNOS/c1-10(2)13(16)15-8-3-9-17-12-6-4-11(14)5-7-12/h4-7,10H,3,8-9H2,1-2H3,(H,15,16). The second-order valence-corrected chi connectivity index (χ2v) is 5.27. The van der Waals surface area contributed by atoms with Gasteiger partial charge in [-0.05, 0) is 36.4 Å². The van der Waals surface area contributed by atoms with E-state index in [1.165, 1.54) is 12.1 Å². The third-order valence-corrected chi connectivity index (χ3v) is 3.33. The van der Waals surface area contributed by atoms with Gasteiger partial charge in [0.25, 0.3) is 0 Å². The van der Waals surface area contributed by atoms with E-state index in [9.17, 15) is 9.18 Å². The third-order valence-electron chi connectivity index (χ3n) is 2.23. The van der Waals surface area contributed by atoms with E-state index in [1.54, 1.807) is 23.9 Å². The van der Waals surface area contributed by atoms with Crippen molar-refractivity contribution in [1.29, 1.82) is 0 Å². The molecule has 0 aliphatic carbocycles. The van der Waals surface area contributed by atoms with Gasteiger partial charge in [-0.3, -0.25) is 4.79 Å². The number of halogens is 1. The van der Waals surface area contributed by atoms with Gasteiger partial charge in [-0.15, -0.1) is 11.8 Å². The van der Waals surface area contributed by atoms with E-state index in [4.69, 9.17) is 0 Å². The predicted octanol–water partition coefficient (Wildman–Crippen LogP) is 3.08. The zero-order chi connectivity index (χ0) is 12.7. The number of rotatable bonds is 6. The van der Waals surface area contributed by atoms with Crippen LogP contribution in [0.5, 0.6) is 0 Å². The first kappa shape index (κ1) is 14.0. The van der Waals surface area contributed by atoms with E-state index in [0.29, 0.717) is 6.54 Å². The normalized spacial score (nSPS) is 10.6. The van der Waals surface area contributed by atoms with Crippen LogP contribution < -0.4 is 5.32 Å². The molecule has 1 N–H and O–H groups in total. The molecule has 0 radical (unpaired) electrons. The minimum atomic E-state index is -0.210. The van der Waals surface area contributed by atoms with E-state index >= 15 is 0 Å². The molecule has 0 heterocycles. The van der Waals surface area contributed by atoms with Crippen molar-refractivity contribution in [2.24, 2.45) is 5.92 Å². The van der Waals surface area contributed by atoms with Crippen molar-refractivity contribution < 1.29 is 9.18 Å². The van der Waals surface area contributed by atoms with Crippen LogP contribution in [0.3, 0.4) is 0 Å². The molecule has 0 bridgehead atoms. The highest BCUT2D eigenvalue weighted by Gasteiger charge is 2.04. The van der Waals surface area contributed by atoms with Crippen LogP contribution in [0, 0.1) is 11.7 Å². The van der Waals surface area contributed by atoms with Gasteiger partial charge >= 0.3 is 0 Å². The summed E-state index contributed by atoms with van der Waals surface area (Å²) in [7, 11) is 0. The summed E-state index contributed by atoms with van der Waals surface area (Å²) in [5.74, 6) is 0.847. The number of hydrogen-bond donors (Lipinski definition) is 1. The van der Waals surface area contributed by atoms with Gasteiger partial charge in [-0.1, -0.05) is 13.8 Å². The molecule has 2 nitrogen and oxygen atoms in total. The molecule has 0 fully saturated rings. The molecule has 0 atom stereocenters. The maximum Gasteiger partial charge on any atom is 0.222 e. The van der Waals surface area contributed by atoms with Gasteiger partial charge in [-0.2, -0.15) is 0 Å². The average molecular weight is 255 g/mol. The van der Waals surface area contributed by atoms with Crippen LogP contribution in [0.4, 0.5) is 4.39 Å². The lowest BCUT2D eigenvalue weighted by Gasteiger charge is -2.07. The fourth-order valence-electron chi connectivity index (χ4n) is 1.21. The van der Waals surface area contributed by atoms with Gasteiger partial charge in [0.1, 0.15) is 5.82 Å². The number of thioether (sulfide) groups is 1. The number of amides is 1. The molecule has 94 valence electrons. The molecule has 1 aromatic rings. The largest absolute Gasteiger partial charge is 0.356 e. The lowest BCUT2D eigenvalue weighted by atomic mass is 10.2. The zero-order valence-corrected chi connectivity index (χ0v) is 11.0. The summed E-state index contributed by atoms with van der Waals surface area (Å²) in [5, 5.41) is 2.87. The fourth-order valence-corrected chi connectivity index (χ4v) is 2.06. The van der Waals surface area contributed by atoms with Gasteiger partial charge in [0, 0.05) is 17.4 Å². The van der Waals surface area contributed by atoms with Gasteiger partial charge in [0.2, 0.25) is 5.91 Å². The lowest BCUT2D eigenvalue weighted by Crippen LogP contribution is -2.28. The van der Waals surface area contributed by atoms with E-state index in [0.717, 1.165) is 17.1 Å². The van der Waals surface area contributed by atoms with Crippen molar-refractivity contribution in [2.75, 3.05) is 12.3 Å². The molecule has 0 spiro atoms. The molecular formula is C13H18FNOS. The van der Waals surface area contributed by atoms with Gasteiger partial charge < -0.3 is 5.32 Å². The second-order valence-electron chi connectivity index (χ2n) is 4.10. The molecule has 0 aromatic heterocycles. The Kier molecular flexibility index (Phi) is 6.05. The molecular weight excluding hydrogens is 237 g/mol. The first-order valence-electron chi connectivity index (χ1n) is 5.75. The van der Waals surface area contributed by atoms with Crippen molar-refractivity contribution in [3.05, 3.63) is 30.1 Å². The van der Waals surface area contributed by atoms with Crippen LogP contribution >= 0.6 is 11.8 Å². The number of carbonyl (C=O) groups excluding carboxylic acids is 1. The Bertz CT molecular complexity index is 351. The molecule has 0 saturated carbocycles. The highest BCUT2D eigenvalue weighted by atomic mass is 32.2. The first-order valence-corrected chi connectivity index (χ1v) is 6.74. The summed E-state index contributed by atoms with van der Waals surface area (Å²) in [4.78, 5) is 12.3. The van der Waals surface area contributed by atoms with Crippen molar-refractivity contribution in [1.82, 2.24) is 5.32 Å². The first-order chi connectivity index (χ1) is 8.09. The second kappa shape index (κ2) is 7.33. The summed E-state index contributed by atoms with van der Waals surface area (Å²) < 4.78 is 12.6. The van der Waals surface area contributed by atoms with E-state index in [-0.39, 0.29) is 17.6 Å². The Morgan fingerprint density at radius 1 is 1.35 bits per heavy atom. The van der Waals surface area contributed by atoms with Gasteiger partial charge in [-0.25, -0.2) is 4.39 Å². The average Bonchev–Trinajstić information content (AvgIpc) is 2.30. The summed E-state index contributed by atoms with van der Waals surface area (Å²) >= 11 is 1.67. The summed E-state index contributed by atoms with van der Waals surface area (Å²) in [6.07, 6.45) is 0.917. The van der Waals surface area contributed by atoms with Crippen molar-refractivity contribution in [2.45, 2.75) is 25.2 Å². The number of nitrogens with one attached hydrogen (secondary N) is 1. The summed E-state index contributed by atoms with van der Waals surface area (Å²) in [6.45, 7) is 4.45. The molecule has 1 aromatic carbocycles. The van der Waals surface area contributed by atoms with Crippen molar-refractivity contribution in [3.63, 3.8) is 0 Å². The third kappa shape index (κ3) is 5.73. The topological polar surface area (TPSA) is 29.1 Å². The van der Waals surface area contributed by atoms with E-state index < -0.39 is 0 Å². The van der Waals surface area contributed by atoms with Crippen molar-refractivity contribution >= 4 is 17.7 Å². The molecule has 0 aliphatic heterocycles. The zero-order valence-electron chi connectivity index (χ0n) is 10.2. The smallest absolute Gasteiger partial charge is 0.222 e. The van der Waals surface area contributed by atoms with Gasteiger partial charge in [0.15, 0.2) is 0 Å². The lowest BCUT2D eigenvalue weighted by molar-refractivity contribution is -0.123. The number of benzene rings is 1. The molecule has 0 unspecified atom stereocenters. The highest BCUT2D eigenvalue weighted by Crippen LogP contribution is 2.18. The Hall–Kier alpha value is -1.03. The number of hydrogen-bond acceptors (Lipinski definition) is 2. The Morgan fingerprint density at radius 3 is 2.59 bits per heavy atom. The Morgan fingerprint density at radius 2 is 2.00 bits per heavy atom. The molecule has 1 amide bonds. The molecule has 1 rings (SSSR count). The highest BCUT2D eigenvalue weighted by molar-refractivity contribution is 7.99. The van der Waals surface area contributed by atoms with Crippen LogP contribution in [-0.2, 0) is 4.79 Å². The molecule has 4 heteroatoms. The van der Waals surface area contributed by atoms with Crippen LogP contribution in [-0.4, -0.2) is 18.2 Å². The molecule has 0 saturated heterocycles. The maximum atomic E-state index is 12.6. The quantitative estimate of drug-likeness (QED) is 0.625. The van der Waals surface area contributed by atoms with Crippen LogP contribution in [0.25, 0.3) is 0 Å². The molecule has 17 heavy (non-hydrogen) atoms. The summed E-state index contributed by atoms with van der Waals surface area (Å²) in [6, 6.07) is 6.46. The van der Waals surface area contributed by atoms with Crippen LogP contribution in [0.15, 0.2) is 29.2 Å². The minimum absolute atomic E-state index is 0.0414. The van der Waals surface area contributed by atoms with E-state index in [2.05, 4.69) is 5.32 Å². The minimum Gasteiger partial charge on any atom is -0.356 e. The van der Waals surface area contributed by atoms with Gasteiger partial charge in [0.05, 0.1) is 0 Å². The Labute approximate surface area is 106 Å². The Balaban J connectivity index is 2.12. The summed E-state index contributed by atoms with van der Waals surface area (Å²) in [5.41, 5.74) is 0.